The zero-order chi connectivity index (χ0) is 15.1. The van der Waals surface area contributed by atoms with E-state index in [1.807, 2.05) is 36.4 Å². The highest BCUT2D eigenvalue weighted by molar-refractivity contribution is 5.46. The lowest BCUT2D eigenvalue weighted by Crippen LogP contribution is -2.22. The smallest absolute Gasteiger partial charge is 0.166 e. The molecule has 0 atom stereocenters. The lowest BCUT2D eigenvalue weighted by Gasteiger charge is -2.16. The fourth-order valence-corrected chi connectivity index (χ4v) is 1.97. The summed E-state index contributed by atoms with van der Waals surface area (Å²) >= 11 is 0. The first-order chi connectivity index (χ1) is 10.2. The molecule has 0 unspecified atom stereocenters. The van der Waals surface area contributed by atoms with Crippen LogP contribution in [0.3, 0.4) is 0 Å². The number of nitrogens with zero attached hydrogens (tertiary/aromatic N) is 1. The van der Waals surface area contributed by atoms with Gasteiger partial charge in [-0.05, 0) is 18.2 Å². The Morgan fingerprint density at radius 1 is 1.14 bits per heavy atom. The topological polar surface area (TPSA) is 43.4 Å². The summed E-state index contributed by atoms with van der Waals surface area (Å²) in [5.74, 6) is 1.52. The van der Waals surface area contributed by atoms with Crippen molar-refractivity contribution >= 4 is 0 Å². The van der Waals surface area contributed by atoms with Crippen molar-refractivity contribution in [1.29, 1.82) is 0 Å². The molecule has 1 aromatic heterocycles. The number of benzene rings is 1. The van der Waals surface area contributed by atoms with Crippen LogP contribution in [0.4, 0.5) is 0 Å². The minimum atomic E-state index is 0.417. The lowest BCUT2D eigenvalue weighted by molar-refractivity contribution is 0.276. The van der Waals surface area contributed by atoms with Gasteiger partial charge in [0, 0.05) is 24.3 Å². The first-order valence-electron chi connectivity index (χ1n) is 7.12. The number of pyridine rings is 1. The van der Waals surface area contributed by atoms with Gasteiger partial charge in [-0.2, -0.15) is 0 Å². The monoisotopic (exact) mass is 286 g/mol. The van der Waals surface area contributed by atoms with E-state index in [4.69, 9.17) is 9.47 Å². The largest absolute Gasteiger partial charge is 0.493 e. The summed E-state index contributed by atoms with van der Waals surface area (Å²) in [4.78, 5) is 4.27. The molecule has 0 spiro atoms. The predicted octanol–water partition coefficient (Wildman–Crippen LogP) is 3.17. The Morgan fingerprint density at radius 2 is 2.00 bits per heavy atom. The van der Waals surface area contributed by atoms with Gasteiger partial charge in [-0.1, -0.05) is 32.0 Å². The van der Waals surface area contributed by atoms with E-state index in [9.17, 15) is 0 Å². The van der Waals surface area contributed by atoms with Gasteiger partial charge in [0.05, 0.1) is 12.8 Å². The van der Waals surface area contributed by atoms with Crippen molar-refractivity contribution in [2.45, 2.75) is 33.0 Å². The summed E-state index contributed by atoms with van der Waals surface area (Å²) in [6.07, 6.45) is 1.77. The van der Waals surface area contributed by atoms with Crippen molar-refractivity contribution in [1.82, 2.24) is 10.3 Å². The van der Waals surface area contributed by atoms with Crippen LogP contribution in [0.1, 0.15) is 25.1 Å². The number of aromatic nitrogens is 1. The van der Waals surface area contributed by atoms with Crippen molar-refractivity contribution in [2.24, 2.45) is 0 Å². The molecular weight excluding hydrogens is 264 g/mol. The summed E-state index contributed by atoms with van der Waals surface area (Å²) < 4.78 is 11.4. The SMILES string of the molecule is COc1cccc(CNC(C)C)c1OCc1ccccn1. The van der Waals surface area contributed by atoms with E-state index in [2.05, 4.69) is 24.1 Å². The van der Waals surface area contributed by atoms with Crippen molar-refractivity contribution in [2.75, 3.05) is 7.11 Å². The van der Waals surface area contributed by atoms with Crippen LogP contribution in [0.5, 0.6) is 11.5 Å². The average molecular weight is 286 g/mol. The molecular formula is C17H22N2O2. The van der Waals surface area contributed by atoms with Gasteiger partial charge in [0.2, 0.25) is 0 Å². The fraction of sp³-hybridized carbons (Fsp3) is 0.353. The first-order valence-corrected chi connectivity index (χ1v) is 7.12. The molecule has 0 aliphatic carbocycles. The van der Waals surface area contributed by atoms with Crippen LogP contribution >= 0.6 is 0 Å². The Labute approximate surface area is 126 Å². The van der Waals surface area contributed by atoms with Gasteiger partial charge in [-0.15, -0.1) is 0 Å². The van der Waals surface area contributed by atoms with Crippen molar-refractivity contribution < 1.29 is 9.47 Å². The highest BCUT2D eigenvalue weighted by Gasteiger charge is 2.11. The van der Waals surface area contributed by atoms with Crippen LogP contribution in [0, 0.1) is 0 Å². The van der Waals surface area contributed by atoms with E-state index in [-0.39, 0.29) is 0 Å². The third-order valence-electron chi connectivity index (χ3n) is 3.07. The molecule has 0 radical (unpaired) electrons. The molecule has 112 valence electrons. The molecule has 0 bridgehead atoms. The fourth-order valence-electron chi connectivity index (χ4n) is 1.97. The van der Waals surface area contributed by atoms with E-state index >= 15 is 0 Å². The number of rotatable bonds is 7. The van der Waals surface area contributed by atoms with Gasteiger partial charge in [0.1, 0.15) is 6.61 Å². The number of nitrogens with one attached hydrogen (secondary N) is 1. The Bertz CT molecular complexity index is 556. The van der Waals surface area contributed by atoms with E-state index < -0.39 is 0 Å². The van der Waals surface area contributed by atoms with Crippen LogP contribution < -0.4 is 14.8 Å². The first kappa shape index (κ1) is 15.3. The van der Waals surface area contributed by atoms with Crippen LogP contribution in [-0.4, -0.2) is 18.1 Å². The molecule has 1 aromatic carbocycles. The summed E-state index contributed by atoms with van der Waals surface area (Å²) in [6, 6.07) is 12.1. The molecule has 2 aromatic rings. The van der Waals surface area contributed by atoms with Gasteiger partial charge in [0.15, 0.2) is 11.5 Å². The molecule has 0 aliphatic heterocycles. The van der Waals surface area contributed by atoms with Gasteiger partial charge < -0.3 is 14.8 Å². The highest BCUT2D eigenvalue weighted by Crippen LogP contribution is 2.31. The minimum Gasteiger partial charge on any atom is -0.493 e. The molecule has 2 rings (SSSR count). The van der Waals surface area contributed by atoms with Gasteiger partial charge in [0.25, 0.3) is 0 Å². The number of hydrogen-bond donors (Lipinski definition) is 1. The van der Waals surface area contributed by atoms with Crippen molar-refractivity contribution in [3.05, 3.63) is 53.9 Å². The third kappa shape index (κ3) is 4.46. The molecule has 0 saturated heterocycles. The number of para-hydroxylation sites is 1. The van der Waals surface area contributed by atoms with Crippen molar-refractivity contribution in [3.63, 3.8) is 0 Å². The summed E-state index contributed by atoms with van der Waals surface area (Å²) in [5.41, 5.74) is 1.98. The molecule has 1 N–H and O–H groups in total. The normalized spacial score (nSPS) is 10.7. The zero-order valence-electron chi connectivity index (χ0n) is 12.8. The maximum atomic E-state index is 5.95. The lowest BCUT2D eigenvalue weighted by atomic mass is 10.1. The second kappa shape index (κ2) is 7.64. The van der Waals surface area contributed by atoms with E-state index in [0.717, 1.165) is 29.3 Å². The Kier molecular flexibility index (Phi) is 5.58. The molecule has 0 aliphatic rings. The quantitative estimate of drug-likeness (QED) is 0.849. The van der Waals surface area contributed by atoms with Crippen LogP contribution in [-0.2, 0) is 13.2 Å². The van der Waals surface area contributed by atoms with Gasteiger partial charge in [-0.3, -0.25) is 4.98 Å². The zero-order valence-corrected chi connectivity index (χ0v) is 12.8. The van der Waals surface area contributed by atoms with E-state index in [0.29, 0.717) is 12.6 Å². The second-order valence-electron chi connectivity index (χ2n) is 5.09. The Hall–Kier alpha value is -2.07. The number of methoxy groups -OCH3 is 1. The summed E-state index contributed by atoms with van der Waals surface area (Å²) in [7, 11) is 1.66. The third-order valence-corrected chi connectivity index (χ3v) is 3.07. The Balaban J connectivity index is 2.14. The van der Waals surface area contributed by atoms with Crippen LogP contribution in [0.25, 0.3) is 0 Å². The van der Waals surface area contributed by atoms with Crippen LogP contribution in [0.2, 0.25) is 0 Å². The van der Waals surface area contributed by atoms with Gasteiger partial charge in [-0.25, -0.2) is 0 Å². The second-order valence-corrected chi connectivity index (χ2v) is 5.09. The molecule has 1 heterocycles. The number of hydrogen-bond acceptors (Lipinski definition) is 4. The molecule has 4 nitrogen and oxygen atoms in total. The average Bonchev–Trinajstić information content (AvgIpc) is 2.52. The molecule has 0 fully saturated rings. The van der Waals surface area contributed by atoms with Crippen LogP contribution in [0.15, 0.2) is 42.6 Å². The highest BCUT2D eigenvalue weighted by atomic mass is 16.5. The molecule has 21 heavy (non-hydrogen) atoms. The molecule has 0 saturated carbocycles. The minimum absolute atomic E-state index is 0.417. The summed E-state index contributed by atoms with van der Waals surface area (Å²) in [6.45, 7) is 5.41. The predicted molar refractivity (Wildman–Crippen MR) is 83.5 cm³/mol. The molecule has 4 heteroatoms. The number of ether oxygens (including phenoxy) is 2. The van der Waals surface area contributed by atoms with E-state index in [1.165, 1.54) is 0 Å². The Morgan fingerprint density at radius 3 is 2.67 bits per heavy atom. The van der Waals surface area contributed by atoms with E-state index in [1.54, 1.807) is 13.3 Å². The van der Waals surface area contributed by atoms with Gasteiger partial charge >= 0.3 is 0 Å². The standard InChI is InChI=1S/C17H22N2O2/c1-13(2)19-11-14-7-6-9-16(20-3)17(14)21-12-15-8-4-5-10-18-15/h4-10,13,19H,11-12H2,1-3H3. The molecule has 0 amide bonds. The maximum Gasteiger partial charge on any atom is 0.166 e. The maximum absolute atomic E-state index is 5.95. The summed E-state index contributed by atoms with van der Waals surface area (Å²) in [5, 5.41) is 3.40. The van der Waals surface area contributed by atoms with Crippen molar-refractivity contribution in [3.8, 4) is 11.5 Å².